The maximum absolute atomic E-state index is 5.62. The van der Waals surface area contributed by atoms with Crippen LogP contribution in [0.1, 0.15) is 411 Å². The van der Waals surface area contributed by atoms with Crippen molar-refractivity contribution < 1.29 is 20.4 Å². The molecule has 0 atom stereocenters. The molecule has 0 heterocycles. The minimum atomic E-state index is 0. The number of nitrogens with zero attached hydrogens (tertiary/aromatic N) is 2. The summed E-state index contributed by atoms with van der Waals surface area (Å²) in [6.07, 6.45) is 85.9. The van der Waals surface area contributed by atoms with E-state index < -0.39 is 0 Å². The van der Waals surface area contributed by atoms with Crippen LogP contribution >= 0.6 is 0 Å². The SMILES string of the molecule is CCCCCCCCCCCCCCCCCCCCC/C=C/C(=N\c1cc(CCCCC)cc(CCCCC)c1)C(/CCCCCCCC)=N/c1ccc(CCCCCCCCCCCCCCCCCCCCCCCCC)cc1.[Pd]. The van der Waals surface area contributed by atoms with Crippen molar-refractivity contribution in [2.75, 3.05) is 0 Å². The molecule has 0 bridgehead atoms. The van der Waals surface area contributed by atoms with Crippen molar-refractivity contribution in [1.29, 1.82) is 0 Å². The molecule has 0 N–H and O–H groups in total. The van der Waals surface area contributed by atoms with Gasteiger partial charge in [-0.1, -0.05) is 374 Å². The van der Waals surface area contributed by atoms with Gasteiger partial charge in [-0.2, -0.15) is 0 Å². The summed E-state index contributed by atoms with van der Waals surface area (Å²) < 4.78 is 0. The van der Waals surface area contributed by atoms with Crippen molar-refractivity contribution >= 4 is 22.8 Å². The second-order valence-corrected chi connectivity index (χ2v) is 26.2. The average molecular weight is 1240 g/mol. The molecule has 0 saturated carbocycles. The maximum atomic E-state index is 5.62. The second kappa shape index (κ2) is 63.2. The summed E-state index contributed by atoms with van der Waals surface area (Å²) >= 11 is 0. The molecule has 0 radical (unpaired) electrons. The van der Waals surface area contributed by atoms with Gasteiger partial charge in [0.15, 0.2) is 0 Å². The smallest absolute Gasteiger partial charge is 0.0848 e. The summed E-state index contributed by atoms with van der Waals surface area (Å²) in [6.45, 7) is 11.6. The summed E-state index contributed by atoms with van der Waals surface area (Å²) in [7, 11) is 0. The molecule has 0 amide bonds. The molecule has 0 unspecified atom stereocenters. The topological polar surface area (TPSA) is 24.7 Å². The van der Waals surface area contributed by atoms with Gasteiger partial charge in [0, 0.05) is 20.4 Å². The summed E-state index contributed by atoms with van der Waals surface area (Å²) in [5.74, 6) is 0. The van der Waals surface area contributed by atoms with E-state index >= 15 is 0 Å². The van der Waals surface area contributed by atoms with Gasteiger partial charge in [0.2, 0.25) is 0 Å². The Balaban J connectivity index is 0.0000344. The summed E-state index contributed by atoms with van der Waals surface area (Å²) in [6, 6.07) is 16.6. The first-order valence-electron chi connectivity index (χ1n) is 37.7. The molecule has 2 rings (SSSR count). The van der Waals surface area contributed by atoms with Crippen molar-refractivity contribution in [3.05, 3.63) is 71.3 Å². The fourth-order valence-corrected chi connectivity index (χ4v) is 12.4. The minimum absolute atomic E-state index is 0. The quantitative estimate of drug-likeness (QED) is 0.0358. The van der Waals surface area contributed by atoms with Crippen LogP contribution in [-0.2, 0) is 39.7 Å². The second-order valence-electron chi connectivity index (χ2n) is 26.2. The molecule has 2 aromatic carbocycles. The Bertz CT molecular complexity index is 1690. The standard InChI is InChI=1S/C80H142N2.Pd/c1-6-11-16-19-22-24-26-28-30-32-34-36-37-39-40-42-44-46-48-50-52-54-59-62-74-67-69-77(70-68-74)81-79(65-60-55-21-18-13-8-3)80(82-78-72-75(63-57-14-9-4)71-76(73-78)64-58-15-10-5)66-61-56-53-51-49-47-45-43-41-38-35-33-31-29-27-25-23-20-17-12-7-2;/h61,66-73H,6-60,62-65H2,1-5H3;/b66-61+,81-79+,82-80+;. The molecule has 2 nitrogen and oxygen atoms in total. The number of aliphatic imine (C=N–C) groups is 2. The zero-order valence-electron chi connectivity index (χ0n) is 56.6. The van der Waals surface area contributed by atoms with E-state index in [1.807, 2.05) is 0 Å². The molecule has 0 spiro atoms. The fourth-order valence-electron chi connectivity index (χ4n) is 12.4. The Labute approximate surface area is 534 Å². The molecule has 0 aliphatic rings. The Morgan fingerprint density at radius 3 is 0.904 bits per heavy atom. The molecule has 0 aliphatic heterocycles. The van der Waals surface area contributed by atoms with E-state index in [1.165, 1.54) is 376 Å². The first-order valence-corrected chi connectivity index (χ1v) is 37.7. The zero-order chi connectivity index (χ0) is 58.5. The summed E-state index contributed by atoms with van der Waals surface area (Å²) in [5, 5.41) is 0. The monoisotopic (exact) mass is 1240 g/mol. The zero-order valence-corrected chi connectivity index (χ0v) is 58.2. The van der Waals surface area contributed by atoms with Gasteiger partial charge >= 0.3 is 0 Å². The molecule has 83 heavy (non-hydrogen) atoms. The van der Waals surface area contributed by atoms with Gasteiger partial charge in [0.05, 0.1) is 22.8 Å². The third-order valence-electron chi connectivity index (χ3n) is 18.0. The van der Waals surface area contributed by atoms with Crippen LogP contribution in [0.2, 0.25) is 0 Å². The van der Waals surface area contributed by atoms with E-state index in [1.54, 1.807) is 0 Å². The van der Waals surface area contributed by atoms with Crippen molar-refractivity contribution in [3.63, 3.8) is 0 Å². The number of hydrogen-bond donors (Lipinski definition) is 0. The van der Waals surface area contributed by atoms with Crippen LogP contribution in [0.15, 0.2) is 64.6 Å². The Hall–Kier alpha value is -1.82. The molecule has 0 aromatic heterocycles. The first-order chi connectivity index (χ1) is 40.6. The van der Waals surface area contributed by atoms with Crippen LogP contribution in [0.4, 0.5) is 11.4 Å². The number of rotatable bonds is 63. The van der Waals surface area contributed by atoms with E-state index in [4.69, 9.17) is 9.98 Å². The van der Waals surface area contributed by atoms with Crippen molar-refractivity contribution in [2.24, 2.45) is 9.98 Å². The number of unbranched alkanes of at least 4 members (excludes halogenated alkanes) is 50. The van der Waals surface area contributed by atoms with E-state index in [0.717, 1.165) is 42.8 Å². The maximum Gasteiger partial charge on any atom is 0.0848 e. The molecule has 2 aromatic rings. The number of benzene rings is 2. The van der Waals surface area contributed by atoms with Gasteiger partial charge in [-0.3, -0.25) is 4.99 Å². The summed E-state index contributed by atoms with van der Waals surface area (Å²) in [4.78, 5) is 11.1. The van der Waals surface area contributed by atoms with Crippen LogP contribution in [0.3, 0.4) is 0 Å². The number of aryl methyl sites for hydroxylation is 3. The van der Waals surface area contributed by atoms with Crippen molar-refractivity contribution in [1.82, 2.24) is 0 Å². The third kappa shape index (κ3) is 50.8. The number of hydrogen-bond acceptors (Lipinski definition) is 2. The number of allylic oxidation sites excluding steroid dienone is 2. The Morgan fingerprint density at radius 2 is 0.554 bits per heavy atom. The molecule has 0 fully saturated rings. The van der Waals surface area contributed by atoms with Gasteiger partial charge in [-0.05, 0) is 111 Å². The minimum Gasteiger partial charge on any atom is -0.251 e. The van der Waals surface area contributed by atoms with Crippen LogP contribution < -0.4 is 0 Å². The van der Waals surface area contributed by atoms with Crippen molar-refractivity contribution in [2.45, 2.75) is 413 Å². The van der Waals surface area contributed by atoms with E-state index in [9.17, 15) is 0 Å². The van der Waals surface area contributed by atoms with Crippen LogP contribution in [0.5, 0.6) is 0 Å². The fraction of sp³-hybridized carbons (Fsp3) is 0.800. The normalized spacial score (nSPS) is 12.1. The Morgan fingerprint density at radius 1 is 0.277 bits per heavy atom. The predicted molar refractivity (Wildman–Crippen MR) is 374 cm³/mol. The molecule has 3 heteroatoms. The largest absolute Gasteiger partial charge is 0.251 e. The van der Waals surface area contributed by atoms with Gasteiger partial charge in [0.1, 0.15) is 0 Å². The summed E-state index contributed by atoms with van der Waals surface area (Å²) in [5.41, 5.74) is 8.86. The average Bonchev–Trinajstić information content (AvgIpc) is 3.62. The van der Waals surface area contributed by atoms with E-state index in [-0.39, 0.29) is 20.4 Å². The van der Waals surface area contributed by atoms with Crippen molar-refractivity contribution in [3.8, 4) is 0 Å². The first kappa shape index (κ1) is 79.2. The van der Waals surface area contributed by atoms with Gasteiger partial charge in [-0.25, -0.2) is 4.99 Å². The van der Waals surface area contributed by atoms with Crippen LogP contribution in [-0.4, -0.2) is 11.4 Å². The molecular formula is C80H142N2Pd. The third-order valence-corrected chi connectivity index (χ3v) is 18.0. The van der Waals surface area contributed by atoms with Crippen LogP contribution in [0.25, 0.3) is 0 Å². The van der Waals surface area contributed by atoms with E-state index in [0.29, 0.717) is 0 Å². The molecule has 482 valence electrons. The molecule has 0 aliphatic carbocycles. The predicted octanol–water partition coefficient (Wildman–Crippen LogP) is 28.7. The van der Waals surface area contributed by atoms with Gasteiger partial charge in [-0.15, -0.1) is 0 Å². The van der Waals surface area contributed by atoms with Gasteiger partial charge in [0.25, 0.3) is 0 Å². The van der Waals surface area contributed by atoms with E-state index in [2.05, 4.69) is 89.2 Å². The Kier molecular flexibility index (Phi) is 60.3. The molecule has 0 saturated heterocycles. The van der Waals surface area contributed by atoms with Crippen LogP contribution in [0, 0.1) is 0 Å². The molecular weight excluding hydrogens is 1100 g/mol. The van der Waals surface area contributed by atoms with Gasteiger partial charge < -0.3 is 0 Å².